The lowest BCUT2D eigenvalue weighted by Crippen LogP contribution is -1.99. The van der Waals surface area contributed by atoms with E-state index in [1.54, 1.807) is 0 Å². The number of allylic oxidation sites excluding steroid dienone is 10. The molecule has 0 aliphatic carbocycles. The summed E-state index contributed by atoms with van der Waals surface area (Å²) < 4.78 is 0. The van der Waals surface area contributed by atoms with E-state index < -0.39 is 0 Å². The molecule has 0 heteroatoms. The Labute approximate surface area is 247 Å². The van der Waals surface area contributed by atoms with Gasteiger partial charge in [0.05, 0.1) is 0 Å². The average molecular weight is 539 g/mol. The third kappa shape index (κ3) is 32.8. The first kappa shape index (κ1) is 37.7. The third-order valence-corrected chi connectivity index (χ3v) is 7.90. The maximum Gasteiger partial charge on any atom is -0.0169 e. The summed E-state index contributed by atoms with van der Waals surface area (Å²) in [7, 11) is 0. The largest absolute Gasteiger partial charge is 0.0885 e. The third-order valence-electron chi connectivity index (χ3n) is 7.90. The molecule has 226 valence electrons. The topological polar surface area (TPSA) is 0 Å². The number of hydrogen-bond donors (Lipinski definition) is 0. The van der Waals surface area contributed by atoms with Crippen LogP contribution in [-0.4, -0.2) is 0 Å². The van der Waals surface area contributed by atoms with Gasteiger partial charge < -0.3 is 0 Å². The van der Waals surface area contributed by atoms with Gasteiger partial charge in [-0.1, -0.05) is 178 Å². The Morgan fingerprint density at radius 1 is 0.359 bits per heavy atom. The molecule has 0 aromatic rings. The van der Waals surface area contributed by atoms with Gasteiger partial charge in [-0.3, -0.25) is 0 Å². The lowest BCUT2D eigenvalue weighted by Gasteiger charge is -2.14. The highest BCUT2D eigenvalue weighted by atomic mass is 14.1. The molecule has 0 aliphatic rings. The van der Waals surface area contributed by atoms with E-state index in [4.69, 9.17) is 0 Å². The van der Waals surface area contributed by atoms with Gasteiger partial charge in [-0.25, -0.2) is 0 Å². The van der Waals surface area contributed by atoms with Crippen LogP contribution in [0.1, 0.15) is 181 Å². The van der Waals surface area contributed by atoms with Gasteiger partial charge in [-0.15, -0.1) is 0 Å². The first-order valence-corrected chi connectivity index (χ1v) is 17.6. The van der Waals surface area contributed by atoms with E-state index in [-0.39, 0.29) is 0 Å². The molecular formula is C39H70. The second kappa shape index (κ2) is 34.7. The van der Waals surface area contributed by atoms with E-state index in [1.807, 2.05) is 0 Å². The predicted octanol–water partition coefficient (Wildman–Crippen LogP) is 14.2. The van der Waals surface area contributed by atoms with Crippen molar-refractivity contribution in [2.24, 2.45) is 5.92 Å². The van der Waals surface area contributed by atoms with Crippen molar-refractivity contribution in [1.82, 2.24) is 0 Å². The van der Waals surface area contributed by atoms with Crippen LogP contribution in [0.5, 0.6) is 0 Å². The highest BCUT2D eigenvalue weighted by Crippen LogP contribution is 2.22. The maximum absolute atomic E-state index is 2.41. The Bertz CT molecular complexity index is 587. The quantitative estimate of drug-likeness (QED) is 0.0630. The first-order valence-electron chi connectivity index (χ1n) is 17.6. The minimum Gasteiger partial charge on any atom is -0.0885 e. The van der Waals surface area contributed by atoms with Gasteiger partial charge in [0.25, 0.3) is 0 Å². The van der Waals surface area contributed by atoms with Crippen LogP contribution in [0.2, 0.25) is 0 Å². The summed E-state index contributed by atoms with van der Waals surface area (Å²) in [4.78, 5) is 0. The van der Waals surface area contributed by atoms with Crippen LogP contribution >= 0.6 is 0 Å². The molecule has 1 atom stereocenters. The zero-order valence-corrected chi connectivity index (χ0v) is 27.0. The molecule has 0 radical (unpaired) electrons. The molecule has 0 saturated heterocycles. The van der Waals surface area contributed by atoms with Crippen LogP contribution in [0, 0.1) is 5.92 Å². The molecule has 0 amide bonds. The molecule has 0 heterocycles. The lowest BCUT2D eigenvalue weighted by atomic mass is 9.92. The fourth-order valence-corrected chi connectivity index (χ4v) is 5.20. The highest BCUT2D eigenvalue weighted by Gasteiger charge is 2.05. The van der Waals surface area contributed by atoms with E-state index in [0.717, 1.165) is 31.6 Å². The second-order valence-corrected chi connectivity index (χ2v) is 11.6. The fraction of sp³-hybridized carbons (Fsp3) is 0.744. The fourth-order valence-electron chi connectivity index (χ4n) is 5.20. The first-order chi connectivity index (χ1) is 19.3. The van der Waals surface area contributed by atoms with Crippen molar-refractivity contribution in [3.8, 4) is 0 Å². The Morgan fingerprint density at radius 2 is 0.718 bits per heavy atom. The minimum absolute atomic E-state index is 0.984. The van der Waals surface area contributed by atoms with Crippen molar-refractivity contribution >= 4 is 0 Å². The van der Waals surface area contributed by atoms with Crippen molar-refractivity contribution in [1.29, 1.82) is 0 Å². The number of unbranched alkanes of at least 4 members (excludes halogenated alkanes) is 15. The Morgan fingerprint density at radius 3 is 1.13 bits per heavy atom. The SMILES string of the molecule is CCC=CCC=CCC=CCCCCCCCCC(CC)CCCCCCCCC=CCC=CCCCCC. The van der Waals surface area contributed by atoms with E-state index in [2.05, 4.69) is 81.5 Å². The van der Waals surface area contributed by atoms with Gasteiger partial charge in [-0.2, -0.15) is 0 Å². The monoisotopic (exact) mass is 539 g/mol. The summed E-state index contributed by atoms with van der Waals surface area (Å²) in [5.41, 5.74) is 0. The van der Waals surface area contributed by atoms with E-state index >= 15 is 0 Å². The molecule has 0 nitrogen and oxygen atoms in total. The Hall–Kier alpha value is -1.30. The van der Waals surface area contributed by atoms with Crippen LogP contribution in [0.3, 0.4) is 0 Å². The predicted molar refractivity (Wildman–Crippen MR) is 182 cm³/mol. The molecule has 0 fully saturated rings. The van der Waals surface area contributed by atoms with E-state index in [0.29, 0.717) is 0 Å². The summed E-state index contributed by atoms with van der Waals surface area (Å²) in [6, 6.07) is 0. The molecule has 0 saturated carbocycles. The molecular weight excluding hydrogens is 468 g/mol. The van der Waals surface area contributed by atoms with Crippen LogP contribution in [0.4, 0.5) is 0 Å². The summed E-state index contributed by atoms with van der Waals surface area (Å²) >= 11 is 0. The molecule has 0 N–H and O–H groups in total. The average Bonchev–Trinajstić information content (AvgIpc) is 2.95. The molecule has 0 aromatic carbocycles. The summed E-state index contributed by atoms with van der Waals surface area (Å²) in [5, 5.41) is 0. The van der Waals surface area contributed by atoms with Gasteiger partial charge in [0.1, 0.15) is 0 Å². The molecule has 39 heavy (non-hydrogen) atoms. The van der Waals surface area contributed by atoms with Gasteiger partial charge in [-0.05, 0) is 70.1 Å². The Kier molecular flexibility index (Phi) is 33.6. The number of hydrogen-bond acceptors (Lipinski definition) is 0. The second-order valence-electron chi connectivity index (χ2n) is 11.6. The maximum atomic E-state index is 2.41. The van der Waals surface area contributed by atoms with E-state index in [1.165, 1.54) is 135 Å². The lowest BCUT2D eigenvalue weighted by molar-refractivity contribution is 0.392. The molecule has 0 aromatic heterocycles. The Balaban J connectivity index is 3.42. The van der Waals surface area contributed by atoms with Crippen molar-refractivity contribution in [2.75, 3.05) is 0 Å². The van der Waals surface area contributed by atoms with Crippen LogP contribution in [0.25, 0.3) is 0 Å². The summed E-state index contributed by atoms with van der Waals surface area (Å²) in [6.07, 6.45) is 57.0. The molecule has 0 bridgehead atoms. The number of rotatable bonds is 30. The summed E-state index contributed by atoms with van der Waals surface area (Å²) in [6.45, 7) is 6.87. The van der Waals surface area contributed by atoms with Crippen molar-refractivity contribution in [3.63, 3.8) is 0 Å². The van der Waals surface area contributed by atoms with Crippen LogP contribution in [-0.2, 0) is 0 Å². The van der Waals surface area contributed by atoms with Crippen molar-refractivity contribution in [2.45, 2.75) is 181 Å². The molecule has 0 rings (SSSR count). The molecule has 1 unspecified atom stereocenters. The summed E-state index contributed by atoms with van der Waals surface area (Å²) in [5.74, 6) is 0.984. The smallest absolute Gasteiger partial charge is 0.0169 e. The van der Waals surface area contributed by atoms with Crippen molar-refractivity contribution in [3.05, 3.63) is 60.8 Å². The van der Waals surface area contributed by atoms with Gasteiger partial charge >= 0.3 is 0 Å². The zero-order chi connectivity index (χ0) is 28.3. The molecule has 0 aliphatic heterocycles. The van der Waals surface area contributed by atoms with Crippen LogP contribution < -0.4 is 0 Å². The van der Waals surface area contributed by atoms with Crippen molar-refractivity contribution < 1.29 is 0 Å². The normalized spacial score (nSPS) is 13.4. The minimum atomic E-state index is 0.984. The van der Waals surface area contributed by atoms with Gasteiger partial charge in [0, 0.05) is 0 Å². The zero-order valence-electron chi connectivity index (χ0n) is 27.0. The van der Waals surface area contributed by atoms with Crippen LogP contribution in [0.15, 0.2) is 60.8 Å². The highest BCUT2D eigenvalue weighted by molar-refractivity contribution is 4.97. The van der Waals surface area contributed by atoms with E-state index in [9.17, 15) is 0 Å². The van der Waals surface area contributed by atoms with Gasteiger partial charge in [0.2, 0.25) is 0 Å². The van der Waals surface area contributed by atoms with Gasteiger partial charge in [0.15, 0.2) is 0 Å². The standard InChI is InChI=1S/C39H70/c1-4-7-9-11-13-15-17-19-21-23-25-27-29-31-33-35-37-39(6-3)38-36-34-32-30-28-26-24-22-20-18-16-14-12-10-8-5-2/h7,9,13-16,19-22,39H,4-6,8,10-12,17-18,23-38H2,1-3H3. The molecule has 0 spiro atoms.